The molecule has 1 heterocycles. The van der Waals surface area contributed by atoms with E-state index in [0.29, 0.717) is 16.7 Å². The lowest BCUT2D eigenvalue weighted by atomic mass is 10.1. The first-order valence-corrected chi connectivity index (χ1v) is 7.62. The van der Waals surface area contributed by atoms with Gasteiger partial charge in [-0.05, 0) is 31.5 Å². The highest BCUT2D eigenvalue weighted by atomic mass is 16.5. The molecule has 0 aliphatic carbocycles. The van der Waals surface area contributed by atoms with Gasteiger partial charge in [-0.1, -0.05) is 0 Å². The van der Waals surface area contributed by atoms with Crippen molar-refractivity contribution in [2.45, 2.75) is 26.7 Å². The van der Waals surface area contributed by atoms with E-state index < -0.39 is 17.5 Å². The fourth-order valence-corrected chi connectivity index (χ4v) is 2.20. The summed E-state index contributed by atoms with van der Waals surface area (Å²) >= 11 is 0. The van der Waals surface area contributed by atoms with E-state index in [-0.39, 0.29) is 30.8 Å². The summed E-state index contributed by atoms with van der Waals surface area (Å²) in [6, 6.07) is 5.52. The minimum absolute atomic E-state index is 0.0226. The highest BCUT2D eigenvalue weighted by Crippen LogP contribution is 2.22. The van der Waals surface area contributed by atoms with E-state index >= 15 is 0 Å². The van der Waals surface area contributed by atoms with Crippen molar-refractivity contribution in [2.24, 2.45) is 5.10 Å². The number of ether oxygens (including phenoxy) is 1. The number of phenolic OH excluding ortho intramolecular Hbond substituents is 1. The van der Waals surface area contributed by atoms with Crippen LogP contribution < -0.4 is 11.1 Å². The van der Waals surface area contributed by atoms with E-state index in [1.165, 1.54) is 18.2 Å². The summed E-state index contributed by atoms with van der Waals surface area (Å²) in [5.41, 5.74) is 2.75. The van der Waals surface area contributed by atoms with Gasteiger partial charge < -0.3 is 14.3 Å². The van der Waals surface area contributed by atoms with Crippen molar-refractivity contribution in [1.29, 1.82) is 0 Å². The lowest BCUT2D eigenvalue weighted by Gasteiger charge is -2.06. The Morgan fingerprint density at radius 2 is 2.08 bits per heavy atom. The molecule has 2 rings (SSSR count). The van der Waals surface area contributed by atoms with Crippen LogP contribution in [0, 0.1) is 0 Å². The number of carbonyl (C=O) groups is 2. The average Bonchev–Trinajstić information content (AvgIpc) is 2.52. The van der Waals surface area contributed by atoms with E-state index in [1.807, 2.05) is 0 Å². The molecule has 0 radical (unpaired) electrons. The maximum Gasteiger partial charge on any atom is 0.336 e. The Bertz CT molecular complexity index is 884. The van der Waals surface area contributed by atoms with Crippen molar-refractivity contribution < 1.29 is 23.8 Å². The fourth-order valence-electron chi connectivity index (χ4n) is 2.20. The van der Waals surface area contributed by atoms with Crippen LogP contribution in [-0.4, -0.2) is 29.3 Å². The Labute approximate surface area is 143 Å². The smallest absolute Gasteiger partial charge is 0.336 e. The third-order valence-corrected chi connectivity index (χ3v) is 3.24. The molecule has 0 unspecified atom stereocenters. The predicted octanol–water partition coefficient (Wildman–Crippen LogP) is 1.49. The maximum atomic E-state index is 12.0. The molecule has 1 aromatic heterocycles. The second-order valence-electron chi connectivity index (χ2n) is 5.31. The lowest BCUT2D eigenvalue weighted by Crippen LogP contribution is -2.22. The van der Waals surface area contributed by atoms with Crippen LogP contribution in [0.25, 0.3) is 11.0 Å². The van der Waals surface area contributed by atoms with E-state index in [1.54, 1.807) is 19.9 Å². The van der Waals surface area contributed by atoms with Crippen LogP contribution in [-0.2, 0) is 20.7 Å². The van der Waals surface area contributed by atoms with Crippen molar-refractivity contribution in [3.63, 3.8) is 0 Å². The van der Waals surface area contributed by atoms with Crippen molar-refractivity contribution in [1.82, 2.24) is 5.43 Å². The standard InChI is InChI=1S/C17H18N2O6/c1-3-24-16(22)6-10(2)18-19-15(21)7-11-8-17(23)25-14-9-12(20)4-5-13(11)14/h4-5,8-9,20H,3,6-7H2,1-2H3,(H,19,21)/b18-10+. The van der Waals surface area contributed by atoms with Gasteiger partial charge in [-0.25, -0.2) is 10.2 Å². The first kappa shape index (κ1) is 18.2. The molecule has 0 fully saturated rings. The van der Waals surface area contributed by atoms with Gasteiger partial charge in [0.1, 0.15) is 11.3 Å². The third-order valence-electron chi connectivity index (χ3n) is 3.24. The number of esters is 1. The molecule has 0 atom stereocenters. The zero-order valence-electron chi connectivity index (χ0n) is 13.9. The number of fused-ring (bicyclic) bond motifs is 1. The molecule has 0 aliphatic rings. The molecular formula is C17H18N2O6. The maximum absolute atomic E-state index is 12.0. The molecule has 8 heteroatoms. The first-order chi connectivity index (χ1) is 11.9. The normalized spacial score (nSPS) is 11.4. The summed E-state index contributed by atoms with van der Waals surface area (Å²) in [7, 11) is 0. The summed E-state index contributed by atoms with van der Waals surface area (Å²) in [5, 5.41) is 13.8. The Morgan fingerprint density at radius 1 is 1.32 bits per heavy atom. The molecule has 0 bridgehead atoms. The van der Waals surface area contributed by atoms with E-state index in [2.05, 4.69) is 10.5 Å². The molecule has 132 valence electrons. The van der Waals surface area contributed by atoms with Gasteiger partial charge in [-0.2, -0.15) is 5.10 Å². The zero-order valence-corrected chi connectivity index (χ0v) is 13.9. The van der Waals surface area contributed by atoms with Gasteiger partial charge in [-0.15, -0.1) is 0 Å². The largest absolute Gasteiger partial charge is 0.508 e. The lowest BCUT2D eigenvalue weighted by molar-refractivity contribution is -0.141. The highest BCUT2D eigenvalue weighted by molar-refractivity contribution is 5.98. The molecule has 8 nitrogen and oxygen atoms in total. The van der Waals surface area contributed by atoms with Crippen LogP contribution in [0.3, 0.4) is 0 Å². The number of phenols is 1. The molecular weight excluding hydrogens is 328 g/mol. The van der Waals surface area contributed by atoms with E-state index in [9.17, 15) is 19.5 Å². The number of amides is 1. The summed E-state index contributed by atoms with van der Waals surface area (Å²) in [4.78, 5) is 34.9. The molecule has 1 amide bonds. The van der Waals surface area contributed by atoms with Crippen LogP contribution in [0.1, 0.15) is 25.8 Å². The molecule has 1 aromatic carbocycles. The Hall–Kier alpha value is -3.16. The second kappa shape index (κ2) is 8.09. The van der Waals surface area contributed by atoms with Crippen LogP contribution >= 0.6 is 0 Å². The monoisotopic (exact) mass is 346 g/mol. The van der Waals surface area contributed by atoms with Crippen LogP contribution in [0.15, 0.2) is 38.6 Å². The fraction of sp³-hybridized carbons (Fsp3) is 0.294. The van der Waals surface area contributed by atoms with Crippen molar-refractivity contribution in [3.8, 4) is 5.75 Å². The van der Waals surface area contributed by atoms with Gasteiger partial charge in [0, 0.05) is 23.2 Å². The Morgan fingerprint density at radius 3 is 2.80 bits per heavy atom. The van der Waals surface area contributed by atoms with Gasteiger partial charge >= 0.3 is 11.6 Å². The average molecular weight is 346 g/mol. The molecule has 2 aromatic rings. The summed E-state index contributed by atoms with van der Waals surface area (Å²) in [5.74, 6) is -0.927. The number of rotatable bonds is 6. The van der Waals surface area contributed by atoms with E-state index in [0.717, 1.165) is 0 Å². The van der Waals surface area contributed by atoms with Crippen molar-refractivity contribution >= 4 is 28.6 Å². The van der Waals surface area contributed by atoms with Gasteiger partial charge in [0.15, 0.2) is 0 Å². The Balaban J connectivity index is 2.09. The quantitative estimate of drug-likeness (QED) is 0.354. The topological polar surface area (TPSA) is 118 Å². The van der Waals surface area contributed by atoms with Crippen LogP contribution in [0.2, 0.25) is 0 Å². The summed E-state index contributed by atoms with van der Waals surface area (Å²) in [6.45, 7) is 3.57. The molecule has 0 aliphatic heterocycles. The SMILES string of the molecule is CCOC(=O)C/C(C)=N/NC(=O)Cc1cc(=O)oc2cc(O)ccc12. The molecule has 25 heavy (non-hydrogen) atoms. The van der Waals surface area contributed by atoms with Crippen molar-refractivity contribution in [3.05, 3.63) is 40.2 Å². The highest BCUT2D eigenvalue weighted by Gasteiger charge is 2.11. The second-order valence-corrected chi connectivity index (χ2v) is 5.31. The van der Waals surface area contributed by atoms with E-state index in [4.69, 9.17) is 9.15 Å². The number of aromatic hydroxyl groups is 1. The van der Waals surface area contributed by atoms with Gasteiger partial charge in [-0.3, -0.25) is 9.59 Å². The number of nitrogens with one attached hydrogen (secondary N) is 1. The molecule has 0 saturated carbocycles. The van der Waals surface area contributed by atoms with Crippen LogP contribution in [0.5, 0.6) is 5.75 Å². The predicted molar refractivity (Wildman–Crippen MR) is 90.4 cm³/mol. The molecule has 2 N–H and O–H groups in total. The number of nitrogens with zero attached hydrogens (tertiary/aromatic N) is 1. The molecule has 0 saturated heterocycles. The van der Waals surface area contributed by atoms with Gasteiger partial charge in [0.2, 0.25) is 5.91 Å². The minimum Gasteiger partial charge on any atom is -0.508 e. The van der Waals surface area contributed by atoms with Crippen molar-refractivity contribution in [2.75, 3.05) is 6.61 Å². The number of hydrogen-bond acceptors (Lipinski definition) is 7. The number of hydrazone groups is 1. The summed E-state index contributed by atoms with van der Waals surface area (Å²) < 4.78 is 9.79. The third kappa shape index (κ3) is 5.17. The summed E-state index contributed by atoms with van der Waals surface area (Å²) in [6.07, 6.45) is -0.131. The zero-order chi connectivity index (χ0) is 18.4. The van der Waals surface area contributed by atoms with Crippen LogP contribution in [0.4, 0.5) is 0 Å². The number of benzene rings is 1. The minimum atomic E-state index is -0.622. The number of hydrogen-bond donors (Lipinski definition) is 2. The number of carbonyl (C=O) groups excluding carboxylic acids is 2. The molecule has 0 spiro atoms. The Kier molecular flexibility index (Phi) is 5.89. The first-order valence-electron chi connectivity index (χ1n) is 7.62. The van der Waals surface area contributed by atoms with Gasteiger partial charge in [0.05, 0.1) is 19.4 Å². The van der Waals surface area contributed by atoms with Gasteiger partial charge in [0.25, 0.3) is 0 Å².